The van der Waals surface area contributed by atoms with Gasteiger partial charge in [0, 0.05) is 12.6 Å². The van der Waals surface area contributed by atoms with Gasteiger partial charge in [0.25, 0.3) is 0 Å². The van der Waals surface area contributed by atoms with Crippen molar-refractivity contribution in [3.63, 3.8) is 0 Å². The summed E-state index contributed by atoms with van der Waals surface area (Å²) in [6, 6.07) is 0.436. The molecule has 110 valence electrons. The maximum absolute atomic E-state index is 11.9. The molecule has 0 spiro atoms. The molecule has 1 amide bonds. The second kappa shape index (κ2) is 6.09. The molecule has 1 N–H and O–H groups in total. The first kappa shape index (κ1) is 14.6. The zero-order valence-corrected chi connectivity index (χ0v) is 12.3. The largest absolute Gasteiger partial charge is 0.444 e. The topological polar surface area (TPSA) is 50.8 Å². The van der Waals surface area contributed by atoms with Crippen LogP contribution in [0.3, 0.4) is 0 Å². The van der Waals surface area contributed by atoms with Crippen LogP contribution >= 0.6 is 0 Å². The fraction of sp³-hybridized carbons (Fsp3) is 0.929. The lowest BCUT2D eigenvalue weighted by molar-refractivity contribution is 0.00255. The molecule has 0 aromatic rings. The Morgan fingerprint density at radius 1 is 1.32 bits per heavy atom. The van der Waals surface area contributed by atoms with Crippen LogP contribution in [0.4, 0.5) is 4.79 Å². The summed E-state index contributed by atoms with van der Waals surface area (Å²) in [5, 5.41) is 2.97. The van der Waals surface area contributed by atoms with Gasteiger partial charge in [-0.2, -0.15) is 0 Å². The quantitative estimate of drug-likeness (QED) is 0.831. The van der Waals surface area contributed by atoms with Gasteiger partial charge < -0.3 is 14.8 Å². The number of rotatable bonds is 2. The molecule has 2 atom stereocenters. The van der Waals surface area contributed by atoms with Crippen molar-refractivity contribution in [1.29, 1.82) is 0 Å². The van der Waals surface area contributed by atoms with E-state index >= 15 is 0 Å². The van der Waals surface area contributed by atoms with Gasteiger partial charge in [-0.15, -0.1) is 0 Å². The number of carbonyl (C=O) groups is 1. The highest BCUT2D eigenvalue weighted by atomic mass is 16.6. The van der Waals surface area contributed by atoms with Crippen molar-refractivity contribution in [1.82, 2.24) is 10.2 Å². The first-order valence-corrected chi connectivity index (χ1v) is 7.27. The first-order valence-electron chi connectivity index (χ1n) is 7.27. The molecule has 0 aliphatic carbocycles. The second-order valence-corrected chi connectivity index (χ2v) is 6.43. The summed E-state index contributed by atoms with van der Waals surface area (Å²) in [6.07, 6.45) is 3.17. The van der Waals surface area contributed by atoms with Gasteiger partial charge in [0.1, 0.15) is 5.60 Å². The Bertz CT molecular complexity index is 308. The number of likely N-dealkylation sites (tertiary alicyclic amines) is 1. The molecule has 5 heteroatoms. The lowest BCUT2D eigenvalue weighted by Gasteiger charge is -2.38. The summed E-state index contributed by atoms with van der Waals surface area (Å²) in [4.78, 5) is 14.4. The predicted octanol–water partition coefficient (Wildman–Crippen LogP) is 1.76. The van der Waals surface area contributed by atoms with Gasteiger partial charge >= 0.3 is 6.09 Å². The van der Waals surface area contributed by atoms with E-state index in [0.717, 1.165) is 26.1 Å². The van der Waals surface area contributed by atoms with Crippen molar-refractivity contribution in [2.24, 2.45) is 0 Å². The number of amides is 1. The van der Waals surface area contributed by atoms with E-state index in [9.17, 15) is 4.79 Å². The van der Waals surface area contributed by atoms with Gasteiger partial charge in [0.05, 0.1) is 12.6 Å². The van der Waals surface area contributed by atoms with Crippen molar-refractivity contribution in [2.75, 3.05) is 26.3 Å². The maximum atomic E-state index is 11.9. The van der Waals surface area contributed by atoms with Gasteiger partial charge in [0.2, 0.25) is 0 Å². The Hall–Kier alpha value is -0.810. The Morgan fingerprint density at radius 2 is 2.00 bits per heavy atom. The number of hydrogen-bond donors (Lipinski definition) is 1. The van der Waals surface area contributed by atoms with E-state index < -0.39 is 5.60 Å². The summed E-state index contributed by atoms with van der Waals surface area (Å²) in [6.45, 7) is 9.27. The van der Waals surface area contributed by atoms with Crippen LogP contribution in [-0.4, -0.2) is 55.0 Å². The Morgan fingerprint density at radius 3 is 2.63 bits per heavy atom. The van der Waals surface area contributed by atoms with E-state index in [1.165, 1.54) is 12.8 Å². The minimum absolute atomic E-state index is 0.0432. The molecular weight excluding hydrogens is 244 g/mol. The molecule has 0 bridgehead atoms. The molecule has 19 heavy (non-hydrogen) atoms. The minimum Gasteiger partial charge on any atom is -0.444 e. The molecule has 2 heterocycles. The number of carbonyl (C=O) groups excluding carboxylic acids is 1. The number of nitrogens with zero attached hydrogens (tertiary/aromatic N) is 1. The standard InChI is InChI=1S/C14H26N2O3/c1-14(2,3)19-13(17)15-11-10-18-9-6-12(11)16-7-4-5-8-16/h11-12H,4-10H2,1-3H3,(H,15,17)/t11-,12-/m0/s1. The van der Waals surface area contributed by atoms with Gasteiger partial charge in [-0.05, 0) is 53.1 Å². The third kappa shape index (κ3) is 4.35. The molecule has 0 radical (unpaired) electrons. The van der Waals surface area contributed by atoms with Gasteiger partial charge in [-0.3, -0.25) is 4.90 Å². The monoisotopic (exact) mass is 270 g/mol. The van der Waals surface area contributed by atoms with Crippen LogP contribution in [0.2, 0.25) is 0 Å². The average Bonchev–Trinajstić information content (AvgIpc) is 2.80. The van der Waals surface area contributed by atoms with Gasteiger partial charge in [0.15, 0.2) is 0 Å². The Kier molecular flexibility index (Phi) is 4.68. The third-order valence-electron chi connectivity index (χ3n) is 3.63. The molecular formula is C14H26N2O3. The fourth-order valence-corrected chi connectivity index (χ4v) is 2.83. The molecule has 2 fully saturated rings. The van der Waals surface area contributed by atoms with Crippen molar-refractivity contribution in [3.05, 3.63) is 0 Å². The first-order chi connectivity index (χ1) is 8.96. The minimum atomic E-state index is -0.456. The van der Waals surface area contributed by atoms with Gasteiger partial charge in [-0.25, -0.2) is 4.79 Å². The number of ether oxygens (including phenoxy) is 2. The predicted molar refractivity (Wildman–Crippen MR) is 73.2 cm³/mol. The summed E-state index contributed by atoms with van der Waals surface area (Å²) < 4.78 is 10.8. The average molecular weight is 270 g/mol. The summed E-state index contributed by atoms with van der Waals surface area (Å²) >= 11 is 0. The molecule has 0 unspecified atom stereocenters. The van der Waals surface area contributed by atoms with Crippen LogP contribution in [0.1, 0.15) is 40.0 Å². The molecule has 0 aromatic carbocycles. The molecule has 2 aliphatic rings. The van der Waals surface area contributed by atoms with E-state index in [0.29, 0.717) is 12.6 Å². The lowest BCUT2D eigenvalue weighted by atomic mass is 10.0. The van der Waals surface area contributed by atoms with Crippen molar-refractivity contribution < 1.29 is 14.3 Å². The number of nitrogens with one attached hydrogen (secondary N) is 1. The Labute approximate surface area is 115 Å². The van der Waals surface area contributed by atoms with Crippen LogP contribution < -0.4 is 5.32 Å². The zero-order chi connectivity index (χ0) is 13.9. The van der Waals surface area contributed by atoms with E-state index in [1.54, 1.807) is 0 Å². The zero-order valence-electron chi connectivity index (χ0n) is 12.3. The highest BCUT2D eigenvalue weighted by molar-refractivity contribution is 5.68. The molecule has 2 saturated heterocycles. The second-order valence-electron chi connectivity index (χ2n) is 6.43. The third-order valence-corrected chi connectivity index (χ3v) is 3.63. The van der Waals surface area contributed by atoms with Crippen LogP contribution in [0.15, 0.2) is 0 Å². The van der Waals surface area contributed by atoms with Crippen molar-refractivity contribution in [2.45, 2.75) is 57.7 Å². The number of hydrogen-bond acceptors (Lipinski definition) is 4. The lowest BCUT2D eigenvalue weighted by Crippen LogP contribution is -2.56. The van der Waals surface area contributed by atoms with E-state index in [2.05, 4.69) is 10.2 Å². The summed E-state index contributed by atoms with van der Waals surface area (Å²) in [5.41, 5.74) is -0.456. The van der Waals surface area contributed by atoms with Gasteiger partial charge in [-0.1, -0.05) is 0 Å². The van der Waals surface area contributed by atoms with E-state index in [-0.39, 0.29) is 12.1 Å². The highest BCUT2D eigenvalue weighted by Crippen LogP contribution is 2.20. The normalized spacial score (nSPS) is 29.2. The summed E-state index contributed by atoms with van der Waals surface area (Å²) in [7, 11) is 0. The number of alkyl carbamates (subject to hydrolysis) is 1. The van der Waals surface area contributed by atoms with Crippen LogP contribution in [0.5, 0.6) is 0 Å². The van der Waals surface area contributed by atoms with Crippen molar-refractivity contribution in [3.8, 4) is 0 Å². The van der Waals surface area contributed by atoms with Crippen molar-refractivity contribution >= 4 is 6.09 Å². The van der Waals surface area contributed by atoms with E-state index in [4.69, 9.17) is 9.47 Å². The van der Waals surface area contributed by atoms with Crippen LogP contribution in [0, 0.1) is 0 Å². The molecule has 2 aliphatic heterocycles. The maximum Gasteiger partial charge on any atom is 0.408 e. The highest BCUT2D eigenvalue weighted by Gasteiger charge is 2.33. The van der Waals surface area contributed by atoms with Crippen LogP contribution in [-0.2, 0) is 9.47 Å². The fourth-order valence-electron chi connectivity index (χ4n) is 2.83. The molecule has 5 nitrogen and oxygen atoms in total. The SMILES string of the molecule is CC(C)(C)OC(=O)N[C@H]1COCC[C@@H]1N1CCCC1. The summed E-state index contributed by atoms with van der Waals surface area (Å²) in [5.74, 6) is 0. The molecule has 2 rings (SSSR count). The van der Waals surface area contributed by atoms with Crippen LogP contribution in [0.25, 0.3) is 0 Å². The molecule has 0 aromatic heterocycles. The molecule has 0 saturated carbocycles. The smallest absolute Gasteiger partial charge is 0.408 e. The van der Waals surface area contributed by atoms with E-state index in [1.807, 2.05) is 20.8 Å². The Balaban J connectivity index is 1.90.